The van der Waals surface area contributed by atoms with Crippen LogP contribution in [-0.2, 0) is 21.2 Å². The Morgan fingerprint density at radius 1 is 1.15 bits per heavy atom. The molecule has 0 spiro atoms. The number of carbonyl (C=O) groups excluding carboxylic acids is 1. The fraction of sp³-hybridized carbons (Fsp3) is 0.320. The van der Waals surface area contributed by atoms with Crippen LogP contribution >= 0.6 is 22.9 Å². The minimum atomic E-state index is -3.77. The van der Waals surface area contributed by atoms with Crippen molar-refractivity contribution in [3.63, 3.8) is 0 Å². The lowest BCUT2D eigenvalue weighted by atomic mass is 9.99. The van der Waals surface area contributed by atoms with Gasteiger partial charge in [-0.2, -0.15) is 4.72 Å². The number of halogens is 1. The van der Waals surface area contributed by atoms with Gasteiger partial charge >= 0.3 is 0 Å². The van der Waals surface area contributed by atoms with Crippen molar-refractivity contribution in [1.29, 1.82) is 0 Å². The summed E-state index contributed by atoms with van der Waals surface area (Å²) in [4.78, 5) is 14.7. The van der Waals surface area contributed by atoms with Crippen LogP contribution < -0.4 is 4.72 Å². The van der Waals surface area contributed by atoms with Gasteiger partial charge in [-0.1, -0.05) is 47.5 Å². The predicted molar refractivity (Wildman–Crippen MR) is 134 cm³/mol. The summed E-state index contributed by atoms with van der Waals surface area (Å²) in [7, 11) is -3.77. The van der Waals surface area contributed by atoms with Gasteiger partial charge in [-0.25, -0.2) is 8.42 Å². The van der Waals surface area contributed by atoms with Crippen LogP contribution in [0, 0.1) is 0 Å². The molecule has 1 atom stereocenters. The predicted octanol–water partition coefficient (Wildman–Crippen LogP) is 5.46. The van der Waals surface area contributed by atoms with E-state index in [1.54, 1.807) is 6.07 Å². The molecular weight excluding hydrogens is 476 g/mol. The summed E-state index contributed by atoms with van der Waals surface area (Å²) < 4.78 is 29.7. The molecule has 5 nitrogen and oxygen atoms in total. The molecule has 1 aliphatic heterocycles. The van der Waals surface area contributed by atoms with Crippen LogP contribution in [-0.4, -0.2) is 32.3 Å². The Labute approximate surface area is 203 Å². The van der Waals surface area contributed by atoms with Crippen LogP contribution in [0.1, 0.15) is 48.4 Å². The first-order valence-corrected chi connectivity index (χ1v) is 13.8. The number of fused-ring (bicyclic) bond motifs is 2. The van der Waals surface area contributed by atoms with Crippen molar-refractivity contribution < 1.29 is 13.2 Å². The van der Waals surface area contributed by atoms with E-state index in [2.05, 4.69) is 11.6 Å². The Balaban J connectivity index is 1.37. The van der Waals surface area contributed by atoms with Crippen LogP contribution in [0.25, 0.3) is 15.7 Å². The topological polar surface area (TPSA) is 66.5 Å². The fourth-order valence-electron chi connectivity index (χ4n) is 4.64. The van der Waals surface area contributed by atoms with Crippen LogP contribution in [0.15, 0.2) is 58.3 Å². The summed E-state index contributed by atoms with van der Waals surface area (Å²) in [6.07, 6.45) is 3.32. The van der Waals surface area contributed by atoms with Crippen LogP contribution in [0.5, 0.6) is 0 Å². The maximum Gasteiger partial charge on any atom is 0.251 e. The summed E-state index contributed by atoms with van der Waals surface area (Å²) in [5.74, 6) is 0.160. The quantitative estimate of drug-likeness (QED) is 0.361. The number of carbonyl (C=O) groups is 1. The maximum atomic E-state index is 13.0. The maximum absolute atomic E-state index is 13.0. The summed E-state index contributed by atoms with van der Waals surface area (Å²) in [5, 5.41) is 0.888. The van der Waals surface area contributed by atoms with Crippen molar-refractivity contribution in [2.45, 2.75) is 42.3 Å². The van der Waals surface area contributed by atoms with E-state index in [0.29, 0.717) is 12.0 Å². The minimum Gasteiger partial charge on any atom is -0.342 e. The molecule has 0 bridgehead atoms. The monoisotopic (exact) mass is 500 g/mol. The van der Waals surface area contributed by atoms with E-state index < -0.39 is 15.5 Å². The SMILES string of the molecule is CC1=C(CC(=O)N2CCCC2)c2cc(C(Cl)NS(=O)(=O)c3cc4ccccc4s3)ccc2C1. The van der Waals surface area contributed by atoms with Gasteiger partial charge in [-0.3, -0.25) is 4.79 Å². The molecule has 2 aromatic carbocycles. The lowest BCUT2D eigenvalue weighted by Gasteiger charge is -2.17. The number of benzene rings is 2. The van der Waals surface area contributed by atoms with Gasteiger partial charge < -0.3 is 4.90 Å². The fourth-order valence-corrected chi connectivity index (χ4v) is 7.58. The Bertz CT molecular complexity index is 1340. The molecule has 1 fully saturated rings. The molecule has 5 rings (SSSR count). The first-order valence-electron chi connectivity index (χ1n) is 11.1. The first kappa shape index (κ1) is 22.6. The highest BCUT2D eigenvalue weighted by molar-refractivity contribution is 7.91. The summed E-state index contributed by atoms with van der Waals surface area (Å²) >= 11 is 7.78. The van der Waals surface area contributed by atoms with Gasteiger partial charge in [0.05, 0.1) is 6.42 Å². The zero-order valence-electron chi connectivity index (χ0n) is 18.3. The average Bonchev–Trinajstić information content (AvgIpc) is 3.52. The third-order valence-electron chi connectivity index (χ3n) is 6.44. The number of hydrogen-bond donors (Lipinski definition) is 1. The number of thiophene rings is 1. The van der Waals surface area contributed by atoms with Crippen molar-refractivity contribution in [2.24, 2.45) is 0 Å². The lowest BCUT2D eigenvalue weighted by molar-refractivity contribution is -0.128. The molecule has 33 heavy (non-hydrogen) atoms. The van der Waals surface area contributed by atoms with Gasteiger partial charge in [0.1, 0.15) is 9.71 Å². The Morgan fingerprint density at radius 2 is 1.91 bits per heavy atom. The summed E-state index contributed by atoms with van der Waals surface area (Å²) in [6, 6.07) is 15.0. The Morgan fingerprint density at radius 3 is 2.67 bits per heavy atom. The van der Waals surface area contributed by atoms with E-state index in [-0.39, 0.29) is 10.1 Å². The van der Waals surface area contributed by atoms with Crippen molar-refractivity contribution in [1.82, 2.24) is 9.62 Å². The molecule has 1 saturated heterocycles. The molecule has 1 amide bonds. The highest BCUT2D eigenvalue weighted by Gasteiger charge is 2.27. The number of hydrogen-bond acceptors (Lipinski definition) is 4. The molecule has 172 valence electrons. The van der Waals surface area contributed by atoms with Crippen LogP contribution in [0.2, 0.25) is 0 Å². The number of allylic oxidation sites excluding steroid dienone is 1. The molecule has 1 aromatic heterocycles. The van der Waals surface area contributed by atoms with E-state index in [4.69, 9.17) is 11.6 Å². The van der Waals surface area contributed by atoms with E-state index >= 15 is 0 Å². The van der Waals surface area contributed by atoms with E-state index in [0.717, 1.165) is 59.1 Å². The van der Waals surface area contributed by atoms with Crippen molar-refractivity contribution >= 4 is 54.5 Å². The molecule has 1 unspecified atom stereocenters. The smallest absolute Gasteiger partial charge is 0.251 e. The summed E-state index contributed by atoms with van der Waals surface area (Å²) in [6.45, 7) is 3.73. The highest BCUT2D eigenvalue weighted by atomic mass is 35.5. The number of likely N-dealkylation sites (tertiary alicyclic amines) is 1. The molecule has 2 aliphatic rings. The van der Waals surface area contributed by atoms with Crippen LogP contribution in [0.4, 0.5) is 0 Å². The van der Waals surface area contributed by atoms with Crippen molar-refractivity contribution in [2.75, 3.05) is 13.1 Å². The highest BCUT2D eigenvalue weighted by Crippen LogP contribution is 2.38. The van der Waals surface area contributed by atoms with E-state index in [1.807, 2.05) is 47.4 Å². The zero-order valence-corrected chi connectivity index (χ0v) is 20.7. The molecule has 1 N–H and O–H groups in total. The average molecular weight is 501 g/mol. The number of sulfonamides is 1. The number of nitrogens with one attached hydrogen (secondary N) is 1. The number of rotatable bonds is 6. The number of nitrogens with zero attached hydrogens (tertiary/aromatic N) is 1. The molecule has 2 heterocycles. The standard InChI is InChI=1S/C25H25ClN2O3S2/c1-16-12-17-8-9-19(13-21(17)20(16)15-23(29)28-10-4-5-11-28)25(26)27-33(30,31)24-14-18-6-2-3-7-22(18)32-24/h2-3,6-9,13-14,25,27H,4-5,10-12,15H2,1H3. The van der Waals surface area contributed by atoms with Crippen LogP contribution in [0.3, 0.4) is 0 Å². The van der Waals surface area contributed by atoms with Gasteiger partial charge in [0.2, 0.25) is 5.91 Å². The van der Waals surface area contributed by atoms with E-state index in [9.17, 15) is 13.2 Å². The summed E-state index contributed by atoms with van der Waals surface area (Å²) in [5.41, 5.74) is 4.13. The second-order valence-corrected chi connectivity index (χ2v) is 12.2. The number of amides is 1. The lowest BCUT2D eigenvalue weighted by Crippen LogP contribution is -2.27. The van der Waals surface area contributed by atoms with Crippen molar-refractivity contribution in [3.05, 3.63) is 70.8 Å². The molecule has 3 aromatic rings. The second kappa shape index (κ2) is 8.87. The van der Waals surface area contributed by atoms with Gasteiger partial charge in [0.15, 0.2) is 0 Å². The molecule has 0 radical (unpaired) electrons. The number of alkyl halides is 1. The van der Waals surface area contributed by atoms with Crippen molar-refractivity contribution in [3.8, 4) is 0 Å². The minimum absolute atomic E-state index is 0.160. The Kier molecular flexibility index (Phi) is 6.07. The van der Waals surface area contributed by atoms with Gasteiger partial charge in [-0.15, -0.1) is 11.3 Å². The largest absolute Gasteiger partial charge is 0.342 e. The zero-order chi connectivity index (χ0) is 23.2. The second-order valence-electron chi connectivity index (χ2n) is 8.70. The van der Waals surface area contributed by atoms with Gasteiger partial charge in [-0.05, 0) is 72.0 Å². The van der Waals surface area contributed by atoms with Gasteiger partial charge in [0, 0.05) is 17.8 Å². The Hall–Kier alpha value is -2.19. The third-order valence-corrected chi connectivity index (χ3v) is 9.94. The molecule has 8 heteroatoms. The molecule has 1 aliphatic carbocycles. The van der Waals surface area contributed by atoms with E-state index in [1.165, 1.54) is 16.9 Å². The first-order chi connectivity index (χ1) is 15.8. The molecule has 0 saturated carbocycles. The normalized spacial score (nSPS) is 17.1. The third kappa shape index (κ3) is 4.47. The molecular formula is C25H25ClN2O3S2. The van der Waals surface area contributed by atoms with Gasteiger partial charge in [0.25, 0.3) is 10.0 Å².